The lowest BCUT2D eigenvalue weighted by Gasteiger charge is -1.98. The maximum absolute atomic E-state index is 8.72. The fourth-order valence-corrected chi connectivity index (χ4v) is 1.43. The van der Waals surface area contributed by atoms with E-state index in [0.717, 1.165) is 5.82 Å². The van der Waals surface area contributed by atoms with Gasteiger partial charge in [0.05, 0.1) is 7.11 Å². The van der Waals surface area contributed by atoms with Gasteiger partial charge in [0, 0.05) is 19.2 Å². The zero-order valence-corrected chi connectivity index (χ0v) is 8.55. The van der Waals surface area contributed by atoms with Crippen molar-refractivity contribution >= 4 is 5.65 Å². The first kappa shape index (κ1) is 9.92. The molecule has 2 aromatic rings. The number of fused-ring (bicyclic) bond motifs is 1. The molecule has 0 saturated carbocycles. The number of aliphatic hydroxyl groups is 1. The van der Waals surface area contributed by atoms with E-state index in [1.54, 1.807) is 11.6 Å². The van der Waals surface area contributed by atoms with Crippen molar-refractivity contribution in [3.63, 3.8) is 0 Å². The van der Waals surface area contributed by atoms with Gasteiger partial charge in [-0.2, -0.15) is 5.10 Å². The van der Waals surface area contributed by atoms with Crippen LogP contribution in [0.3, 0.4) is 0 Å². The summed E-state index contributed by atoms with van der Waals surface area (Å²) in [6.07, 6.45) is 3.19. The Hall–Kier alpha value is -1.62. The summed E-state index contributed by atoms with van der Waals surface area (Å²) in [5, 5.41) is 13.0. The van der Waals surface area contributed by atoms with Crippen molar-refractivity contribution in [3.05, 3.63) is 24.2 Å². The van der Waals surface area contributed by atoms with Crippen molar-refractivity contribution in [1.29, 1.82) is 0 Å². The molecule has 0 amide bonds. The molecule has 15 heavy (non-hydrogen) atoms. The third-order valence-corrected chi connectivity index (χ3v) is 2.15. The van der Waals surface area contributed by atoms with Crippen LogP contribution >= 0.6 is 0 Å². The predicted octanol–water partition coefficient (Wildman–Crippen LogP) is 0.663. The van der Waals surface area contributed by atoms with Crippen LogP contribution in [0.4, 0.5) is 0 Å². The molecule has 5 heteroatoms. The number of aliphatic hydroxyl groups excluding tert-OH is 1. The van der Waals surface area contributed by atoms with E-state index < -0.39 is 0 Å². The van der Waals surface area contributed by atoms with Crippen LogP contribution in [0.15, 0.2) is 18.3 Å². The van der Waals surface area contributed by atoms with Crippen molar-refractivity contribution < 1.29 is 9.84 Å². The van der Waals surface area contributed by atoms with E-state index in [1.165, 1.54) is 0 Å². The molecule has 1 N–H and O–H groups in total. The Morgan fingerprint density at radius 2 is 2.40 bits per heavy atom. The highest BCUT2D eigenvalue weighted by Gasteiger charge is 2.07. The summed E-state index contributed by atoms with van der Waals surface area (Å²) in [5.41, 5.74) is 0.716. The molecule has 0 aliphatic carbocycles. The van der Waals surface area contributed by atoms with Crippen LogP contribution in [0.1, 0.15) is 12.2 Å². The van der Waals surface area contributed by atoms with Gasteiger partial charge < -0.3 is 9.84 Å². The molecular weight excluding hydrogens is 194 g/mol. The van der Waals surface area contributed by atoms with Gasteiger partial charge >= 0.3 is 0 Å². The van der Waals surface area contributed by atoms with Crippen LogP contribution in [0.5, 0.6) is 5.75 Å². The van der Waals surface area contributed by atoms with E-state index in [0.29, 0.717) is 24.2 Å². The summed E-state index contributed by atoms with van der Waals surface area (Å²) in [6, 6.07) is 3.70. The van der Waals surface area contributed by atoms with Gasteiger partial charge in [-0.1, -0.05) is 0 Å². The standard InChI is InChI=1S/C10H13N3O2/c1-15-8-4-2-6-13-10(8)11-9(12-13)5-3-7-14/h2,4,6,14H,3,5,7H2,1H3. The fourth-order valence-electron chi connectivity index (χ4n) is 1.43. The fraction of sp³-hybridized carbons (Fsp3) is 0.400. The minimum absolute atomic E-state index is 0.159. The summed E-state index contributed by atoms with van der Waals surface area (Å²) in [4.78, 5) is 4.34. The molecule has 0 saturated heterocycles. The van der Waals surface area contributed by atoms with Crippen LogP contribution in [0.2, 0.25) is 0 Å². The molecule has 0 aliphatic heterocycles. The Morgan fingerprint density at radius 1 is 1.53 bits per heavy atom. The molecular formula is C10H13N3O2. The molecule has 2 rings (SSSR count). The van der Waals surface area contributed by atoms with Crippen molar-refractivity contribution in [2.75, 3.05) is 13.7 Å². The largest absolute Gasteiger partial charge is 0.493 e. The van der Waals surface area contributed by atoms with Crippen molar-refractivity contribution in [3.8, 4) is 5.75 Å². The number of methoxy groups -OCH3 is 1. The molecule has 5 nitrogen and oxygen atoms in total. The van der Waals surface area contributed by atoms with Gasteiger partial charge in [-0.05, 0) is 18.6 Å². The minimum atomic E-state index is 0.159. The average Bonchev–Trinajstić information content (AvgIpc) is 2.68. The average molecular weight is 207 g/mol. The van der Waals surface area contributed by atoms with Crippen molar-refractivity contribution in [2.45, 2.75) is 12.8 Å². The maximum atomic E-state index is 8.72. The van der Waals surface area contributed by atoms with Gasteiger partial charge in [0.25, 0.3) is 0 Å². The molecule has 0 radical (unpaired) electrons. The summed E-state index contributed by atoms with van der Waals surface area (Å²) in [5.74, 6) is 1.44. The highest BCUT2D eigenvalue weighted by molar-refractivity contribution is 5.52. The number of pyridine rings is 1. The Balaban J connectivity index is 2.37. The molecule has 0 fully saturated rings. The molecule has 0 aromatic carbocycles. The first-order valence-corrected chi connectivity index (χ1v) is 4.84. The molecule has 0 spiro atoms. The molecule has 0 atom stereocenters. The van der Waals surface area contributed by atoms with Gasteiger partial charge in [-0.25, -0.2) is 9.50 Å². The molecule has 2 aromatic heterocycles. The number of hydrogen-bond acceptors (Lipinski definition) is 4. The van der Waals surface area contributed by atoms with Gasteiger partial charge in [0.2, 0.25) is 0 Å². The van der Waals surface area contributed by atoms with E-state index >= 15 is 0 Å². The van der Waals surface area contributed by atoms with Crippen molar-refractivity contribution in [2.24, 2.45) is 0 Å². The zero-order valence-electron chi connectivity index (χ0n) is 8.55. The van der Waals surface area contributed by atoms with Crippen LogP contribution in [-0.4, -0.2) is 33.4 Å². The normalized spacial score (nSPS) is 10.8. The number of rotatable bonds is 4. The summed E-state index contributed by atoms with van der Waals surface area (Å²) in [7, 11) is 1.61. The first-order chi connectivity index (χ1) is 7.35. The molecule has 0 unspecified atom stereocenters. The third kappa shape index (κ3) is 1.92. The minimum Gasteiger partial charge on any atom is -0.493 e. The second kappa shape index (κ2) is 4.27. The topological polar surface area (TPSA) is 59.7 Å². The number of ether oxygens (including phenoxy) is 1. The van der Waals surface area contributed by atoms with E-state index in [4.69, 9.17) is 9.84 Å². The van der Waals surface area contributed by atoms with E-state index in [9.17, 15) is 0 Å². The molecule has 2 heterocycles. The number of nitrogens with zero attached hydrogens (tertiary/aromatic N) is 3. The smallest absolute Gasteiger partial charge is 0.198 e. The van der Waals surface area contributed by atoms with Gasteiger partial charge in [-0.15, -0.1) is 0 Å². The van der Waals surface area contributed by atoms with Crippen LogP contribution in [0, 0.1) is 0 Å². The van der Waals surface area contributed by atoms with E-state index in [2.05, 4.69) is 10.1 Å². The Bertz CT molecular complexity index is 453. The lowest BCUT2D eigenvalue weighted by molar-refractivity contribution is 0.287. The highest BCUT2D eigenvalue weighted by Crippen LogP contribution is 2.16. The zero-order chi connectivity index (χ0) is 10.7. The quantitative estimate of drug-likeness (QED) is 0.800. The molecule has 80 valence electrons. The third-order valence-electron chi connectivity index (χ3n) is 2.15. The Morgan fingerprint density at radius 3 is 3.13 bits per heavy atom. The molecule has 0 bridgehead atoms. The van der Waals surface area contributed by atoms with E-state index in [1.807, 2.05) is 18.3 Å². The Kier molecular flexibility index (Phi) is 2.82. The van der Waals surface area contributed by atoms with Gasteiger partial charge in [0.1, 0.15) is 0 Å². The second-order valence-corrected chi connectivity index (χ2v) is 3.20. The summed E-state index contributed by atoms with van der Waals surface area (Å²) >= 11 is 0. The number of aryl methyl sites for hydroxylation is 1. The van der Waals surface area contributed by atoms with Crippen LogP contribution in [0.25, 0.3) is 5.65 Å². The second-order valence-electron chi connectivity index (χ2n) is 3.20. The van der Waals surface area contributed by atoms with Gasteiger partial charge in [-0.3, -0.25) is 0 Å². The summed E-state index contributed by atoms with van der Waals surface area (Å²) < 4.78 is 6.86. The maximum Gasteiger partial charge on any atom is 0.198 e. The van der Waals surface area contributed by atoms with Crippen molar-refractivity contribution in [1.82, 2.24) is 14.6 Å². The monoisotopic (exact) mass is 207 g/mol. The SMILES string of the molecule is COc1cccn2nc(CCCO)nc12. The number of aromatic nitrogens is 3. The highest BCUT2D eigenvalue weighted by atomic mass is 16.5. The van der Waals surface area contributed by atoms with Gasteiger partial charge in [0.15, 0.2) is 17.2 Å². The number of hydrogen-bond donors (Lipinski definition) is 1. The lowest BCUT2D eigenvalue weighted by Crippen LogP contribution is -1.92. The van der Waals surface area contributed by atoms with Crippen LogP contribution in [-0.2, 0) is 6.42 Å². The summed E-state index contributed by atoms with van der Waals surface area (Å²) in [6.45, 7) is 0.159. The van der Waals surface area contributed by atoms with E-state index in [-0.39, 0.29) is 6.61 Å². The first-order valence-electron chi connectivity index (χ1n) is 4.84. The lowest BCUT2D eigenvalue weighted by atomic mass is 10.3. The predicted molar refractivity (Wildman–Crippen MR) is 54.9 cm³/mol. The molecule has 0 aliphatic rings. The Labute approximate surface area is 87.3 Å². The van der Waals surface area contributed by atoms with Crippen LogP contribution < -0.4 is 4.74 Å².